The van der Waals surface area contributed by atoms with E-state index in [9.17, 15) is 18.4 Å². The number of nitrogens with zero attached hydrogens (tertiary/aromatic N) is 2. The summed E-state index contributed by atoms with van der Waals surface area (Å²) in [7, 11) is 2.67. The van der Waals surface area contributed by atoms with Gasteiger partial charge in [0.15, 0.2) is 0 Å². The summed E-state index contributed by atoms with van der Waals surface area (Å²) in [6, 6.07) is 1.62. The molecule has 0 aliphatic carbocycles. The van der Waals surface area contributed by atoms with Gasteiger partial charge >= 0.3 is 11.9 Å². The van der Waals surface area contributed by atoms with E-state index >= 15 is 0 Å². The lowest BCUT2D eigenvalue weighted by Gasteiger charge is -2.15. The summed E-state index contributed by atoms with van der Waals surface area (Å²) in [6.07, 6.45) is 2.48. The molecule has 0 fully saturated rings. The van der Waals surface area contributed by atoms with Crippen LogP contribution in [0.3, 0.4) is 0 Å². The van der Waals surface area contributed by atoms with Crippen molar-refractivity contribution < 1.29 is 23.5 Å². The minimum atomic E-state index is -3.44. The van der Waals surface area contributed by atoms with Crippen molar-refractivity contribution in [2.24, 2.45) is 0 Å². The number of hydrogen-bond acceptors (Lipinski definition) is 5. The van der Waals surface area contributed by atoms with Crippen LogP contribution in [0.4, 0.5) is 8.78 Å². The Kier molecular flexibility index (Phi) is 8.25. The SMILES string of the molecule is O=C(O)CCSSCCNC(=O)C(F)(F)CCn1cccn1. The van der Waals surface area contributed by atoms with Crippen LogP contribution >= 0.6 is 21.6 Å². The molecule has 1 heterocycles. The monoisotopic (exact) mass is 353 g/mol. The van der Waals surface area contributed by atoms with Gasteiger partial charge in [0.2, 0.25) is 0 Å². The second kappa shape index (κ2) is 9.67. The first-order valence-electron chi connectivity index (χ1n) is 6.51. The van der Waals surface area contributed by atoms with Gasteiger partial charge in [-0.1, -0.05) is 21.6 Å². The quantitative estimate of drug-likeness (QED) is 0.467. The van der Waals surface area contributed by atoms with Crippen molar-refractivity contribution in [3.63, 3.8) is 0 Å². The van der Waals surface area contributed by atoms with Crippen molar-refractivity contribution in [2.75, 3.05) is 18.1 Å². The molecule has 0 aliphatic heterocycles. The molecule has 0 unspecified atom stereocenters. The third-order valence-electron chi connectivity index (χ3n) is 2.50. The number of hydrogen-bond donors (Lipinski definition) is 2. The highest BCUT2D eigenvalue weighted by atomic mass is 33.1. The van der Waals surface area contributed by atoms with Crippen molar-refractivity contribution in [3.05, 3.63) is 18.5 Å². The van der Waals surface area contributed by atoms with Gasteiger partial charge in [-0.05, 0) is 6.07 Å². The molecule has 1 rings (SSSR count). The van der Waals surface area contributed by atoms with Crippen LogP contribution in [-0.4, -0.2) is 50.7 Å². The van der Waals surface area contributed by atoms with Crippen molar-refractivity contribution >= 4 is 33.5 Å². The summed E-state index contributed by atoms with van der Waals surface area (Å²) < 4.78 is 28.5. The predicted octanol–water partition coefficient (Wildman–Crippen LogP) is 1.88. The molecule has 22 heavy (non-hydrogen) atoms. The fraction of sp³-hybridized carbons (Fsp3) is 0.583. The highest BCUT2D eigenvalue weighted by Crippen LogP contribution is 2.22. The van der Waals surface area contributed by atoms with Gasteiger partial charge in [-0.15, -0.1) is 0 Å². The van der Waals surface area contributed by atoms with Crippen LogP contribution in [0.5, 0.6) is 0 Å². The molecule has 0 saturated carbocycles. The maximum atomic E-state index is 13.6. The molecule has 1 aromatic rings. The number of carbonyl (C=O) groups is 2. The van der Waals surface area contributed by atoms with Crippen LogP contribution in [0, 0.1) is 0 Å². The first kappa shape index (κ1) is 18.8. The van der Waals surface area contributed by atoms with Gasteiger partial charge in [0, 0.05) is 43.4 Å². The number of aryl methyl sites for hydroxylation is 1. The number of nitrogens with one attached hydrogen (secondary N) is 1. The van der Waals surface area contributed by atoms with Crippen LogP contribution in [0.1, 0.15) is 12.8 Å². The largest absolute Gasteiger partial charge is 0.481 e. The second-order valence-corrected chi connectivity index (χ2v) is 6.97. The van der Waals surface area contributed by atoms with E-state index in [0.29, 0.717) is 11.5 Å². The third-order valence-corrected chi connectivity index (χ3v) is 4.91. The molecule has 6 nitrogen and oxygen atoms in total. The van der Waals surface area contributed by atoms with Gasteiger partial charge in [0.1, 0.15) is 0 Å². The number of halogens is 2. The Bertz CT molecular complexity index is 472. The van der Waals surface area contributed by atoms with Crippen molar-refractivity contribution in [2.45, 2.75) is 25.3 Å². The number of carboxylic acid groups (broad SMARTS) is 1. The highest BCUT2D eigenvalue weighted by Gasteiger charge is 2.37. The average molecular weight is 353 g/mol. The normalized spacial score (nSPS) is 11.4. The van der Waals surface area contributed by atoms with E-state index in [2.05, 4.69) is 10.4 Å². The van der Waals surface area contributed by atoms with Crippen LogP contribution < -0.4 is 5.32 Å². The van der Waals surface area contributed by atoms with Gasteiger partial charge in [0.05, 0.1) is 6.42 Å². The molecule has 10 heteroatoms. The lowest BCUT2D eigenvalue weighted by atomic mass is 10.2. The van der Waals surface area contributed by atoms with Crippen molar-refractivity contribution in [1.29, 1.82) is 0 Å². The van der Waals surface area contributed by atoms with E-state index in [4.69, 9.17) is 5.11 Å². The Labute approximate surface area is 134 Å². The average Bonchev–Trinajstić information content (AvgIpc) is 2.97. The number of carboxylic acids is 1. The first-order valence-corrected chi connectivity index (χ1v) is 9.00. The molecule has 0 saturated heterocycles. The van der Waals surface area contributed by atoms with Gasteiger partial charge in [0.25, 0.3) is 5.91 Å². The molecule has 0 bridgehead atoms. The molecule has 0 atom stereocenters. The van der Waals surface area contributed by atoms with Gasteiger partial charge in [-0.3, -0.25) is 14.3 Å². The van der Waals surface area contributed by atoms with E-state index in [0.717, 1.165) is 0 Å². The Hall–Kier alpha value is -1.29. The molecule has 1 aromatic heterocycles. The van der Waals surface area contributed by atoms with Crippen LogP contribution in [0.15, 0.2) is 18.5 Å². The van der Waals surface area contributed by atoms with E-state index in [1.54, 1.807) is 12.3 Å². The number of amides is 1. The zero-order valence-electron chi connectivity index (χ0n) is 11.7. The first-order chi connectivity index (χ1) is 10.4. The highest BCUT2D eigenvalue weighted by molar-refractivity contribution is 8.76. The Morgan fingerprint density at radius 3 is 2.68 bits per heavy atom. The summed E-state index contributed by atoms with van der Waals surface area (Å²) >= 11 is 0. The summed E-state index contributed by atoms with van der Waals surface area (Å²) in [6.45, 7) is 0.0775. The standard InChI is InChI=1S/C12H17F2N3O3S2/c13-12(14,3-7-17-6-1-4-16-17)11(20)15-5-9-22-21-8-2-10(18)19/h1,4,6H,2-3,5,7-9H2,(H,15,20)(H,18,19). The molecule has 2 N–H and O–H groups in total. The molecule has 0 radical (unpaired) electrons. The Morgan fingerprint density at radius 1 is 1.32 bits per heavy atom. The molecule has 1 amide bonds. The molecule has 124 valence electrons. The lowest BCUT2D eigenvalue weighted by molar-refractivity contribution is -0.146. The third kappa shape index (κ3) is 7.64. The number of carbonyl (C=O) groups excluding carboxylic acids is 1. The van der Waals surface area contributed by atoms with Crippen molar-refractivity contribution in [3.8, 4) is 0 Å². The molecule has 0 spiro atoms. The van der Waals surface area contributed by atoms with Crippen LogP contribution in [0.25, 0.3) is 0 Å². The number of aliphatic carboxylic acids is 1. The molecule has 0 aromatic carbocycles. The minimum Gasteiger partial charge on any atom is -0.481 e. The second-order valence-electron chi connectivity index (χ2n) is 4.27. The minimum absolute atomic E-state index is 0.0345. The van der Waals surface area contributed by atoms with Crippen molar-refractivity contribution in [1.82, 2.24) is 15.1 Å². The Balaban J connectivity index is 2.13. The fourth-order valence-electron chi connectivity index (χ4n) is 1.38. The topological polar surface area (TPSA) is 84.2 Å². The fourth-order valence-corrected chi connectivity index (χ4v) is 3.27. The van der Waals surface area contributed by atoms with Crippen LogP contribution in [-0.2, 0) is 16.1 Å². The van der Waals surface area contributed by atoms with E-state index in [-0.39, 0.29) is 19.5 Å². The zero-order chi connectivity index (χ0) is 16.4. The van der Waals surface area contributed by atoms with E-state index < -0.39 is 24.2 Å². The van der Waals surface area contributed by atoms with Gasteiger partial charge in [-0.25, -0.2) is 0 Å². The summed E-state index contributed by atoms with van der Waals surface area (Å²) in [5.74, 6) is -4.74. The maximum Gasteiger partial charge on any atom is 0.326 e. The number of rotatable bonds is 11. The lowest BCUT2D eigenvalue weighted by Crippen LogP contribution is -2.41. The Morgan fingerprint density at radius 2 is 2.05 bits per heavy atom. The summed E-state index contributed by atoms with van der Waals surface area (Å²) in [5.41, 5.74) is 0. The summed E-state index contributed by atoms with van der Waals surface area (Å²) in [4.78, 5) is 21.7. The maximum absolute atomic E-state index is 13.6. The smallest absolute Gasteiger partial charge is 0.326 e. The van der Waals surface area contributed by atoms with Gasteiger partial charge in [-0.2, -0.15) is 13.9 Å². The van der Waals surface area contributed by atoms with Crippen LogP contribution in [0.2, 0.25) is 0 Å². The molecular formula is C12H17F2N3O3S2. The number of alkyl halides is 2. The summed E-state index contributed by atoms with van der Waals surface area (Å²) in [5, 5.41) is 14.4. The molecule has 0 aliphatic rings. The van der Waals surface area contributed by atoms with E-state index in [1.807, 2.05) is 0 Å². The van der Waals surface area contributed by atoms with E-state index in [1.165, 1.54) is 32.5 Å². The number of aromatic nitrogens is 2. The van der Waals surface area contributed by atoms with Gasteiger partial charge < -0.3 is 10.4 Å². The zero-order valence-corrected chi connectivity index (χ0v) is 13.3. The molecular weight excluding hydrogens is 336 g/mol. The predicted molar refractivity (Wildman–Crippen MR) is 82.0 cm³/mol.